The fourth-order valence-electron chi connectivity index (χ4n) is 4.71. The van der Waals surface area contributed by atoms with Gasteiger partial charge < -0.3 is 13.7 Å². The molecule has 0 unspecified atom stereocenters. The Hall–Kier alpha value is -3.34. The fraction of sp³-hybridized carbons (Fsp3) is 0.200. The fourth-order valence-corrected chi connectivity index (χ4v) is 4.71. The van der Waals surface area contributed by atoms with Crippen molar-refractivity contribution >= 4 is 34.5 Å². The van der Waals surface area contributed by atoms with Gasteiger partial charge in [-0.1, -0.05) is 72.8 Å². The van der Waals surface area contributed by atoms with Gasteiger partial charge in [0.15, 0.2) is 0 Å². The SMILES string of the molecule is CC1(C)OB(c2cccc(-c3cc(-c4ccccc4)cc4oc5ccccc5c34)c2)OC1(C)C. The maximum Gasteiger partial charge on any atom is 0.494 e. The van der Waals surface area contributed by atoms with Crippen molar-refractivity contribution in [3.63, 3.8) is 0 Å². The lowest BCUT2D eigenvalue weighted by Gasteiger charge is -2.32. The highest BCUT2D eigenvalue weighted by molar-refractivity contribution is 6.62. The summed E-state index contributed by atoms with van der Waals surface area (Å²) in [5, 5.41) is 2.24. The van der Waals surface area contributed by atoms with E-state index in [4.69, 9.17) is 13.7 Å². The number of hydrogen-bond acceptors (Lipinski definition) is 3. The van der Waals surface area contributed by atoms with Crippen LogP contribution in [0.2, 0.25) is 0 Å². The Morgan fingerprint density at radius 2 is 1.26 bits per heavy atom. The van der Waals surface area contributed by atoms with E-state index in [0.29, 0.717) is 0 Å². The first-order valence-electron chi connectivity index (χ1n) is 11.8. The highest BCUT2D eigenvalue weighted by Gasteiger charge is 2.51. The molecule has 168 valence electrons. The van der Waals surface area contributed by atoms with Gasteiger partial charge in [-0.3, -0.25) is 0 Å². The summed E-state index contributed by atoms with van der Waals surface area (Å²) >= 11 is 0. The summed E-state index contributed by atoms with van der Waals surface area (Å²) in [5.74, 6) is 0. The van der Waals surface area contributed by atoms with Crippen LogP contribution in [0.5, 0.6) is 0 Å². The summed E-state index contributed by atoms with van der Waals surface area (Å²) in [6.45, 7) is 8.34. The number of para-hydroxylation sites is 1. The zero-order chi connectivity index (χ0) is 23.5. The molecule has 3 nitrogen and oxygen atoms in total. The van der Waals surface area contributed by atoms with E-state index in [0.717, 1.165) is 49.7 Å². The number of benzene rings is 4. The van der Waals surface area contributed by atoms with Crippen LogP contribution in [0.15, 0.2) is 95.4 Å². The minimum absolute atomic E-state index is 0.380. The molecule has 5 aromatic rings. The molecule has 1 aromatic heterocycles. The Bertz CT molecular complexity index is 1500. The molecule has 0 aliphatic carbocycles. The van der Waals surface area contributed by atoms with Crippen molar-refractivity contribution in [1.29, 1.82) is 0 Å². The molecule has 0 N–H and O–H groups in total. The summed E-state index contributed by atoms with van der Waals surface area (Å²) in [5.41, 5.74) is 6.58. The van der Waals surface area contributed by atoms with Crippen molar-refractivity contribution in [2.75, 3.05) is 0 Å². The van der Waals surface area contributed by atoms with Crippen LogP contribution < -0.4 is 5.46 Å². The van der Waals surface area contributed by atoms with Crippen LogP contribution in [0.25, 0.3) is 44.2 Å². The average molecular weight is 446 g/mol. The Morgan fingerprint density at radius 3 is 2.03 bits per heavy atom. The Balaban J connectivity index is 1.55. The molecule has 0 radical (unpaired) electrons. The molecule has 0 spiro atoms. The van der Waals surface area contributed by atoms with E-state index in [1.165, 1.54) is 0 Å². The number of rotatable bonds is 3. The van der Waals surface area contributed by atoms with Crippen molar-refractivity contribution in [2.45, 2.75) is 38.9 Å². The van der Waals surface area contributed by atoms with Gasteiger partial charge in [-0.2, -0.15) is 0 Å². The van der Waals surface area contributed by atoms with Crippen molar-refractivity contribution in [2.24, 2.45) is 0 Å². The summed E-state index contributed by atoms with van der Waals surface area (Å²) < 4.78 is 19.0. The van der Waals surface area contributed by atoms with Gasteiger partial charge in [-0.05, 0) is 73.6 Å². The van der Waals surface area contributed by atoms with Gasteiger partial charge in [0.2, 0.25) is 0 Å². The smallest absolute Gasteiger partial charge is 0.456 e. The quantitative estimate of drug-likeness (QED) is 0.274. The molecule has 0 atom stereocenters. The van der Waals surface area contributed by atoms with Crippen molar-refractivity contribution in [3.05, 3.63) is 91.0 Å². The molecule has 6 rings (SSSR count). The second-order valence-corrected chi connectivity index (χ2v) is 10.1. The van der Waals surface area contributed by atoms with Crippen LogP contribution in [0.4, 0.5) is 0 Å². The van der Waals surface area contributed by atoms with Gasteiger partial charge in [0.05, 0.1) is 11.2 Å². The molecule has 0 saturated carbocycles. The largest absolute Gasteiger partial charge is 0.494 e. The molecule has 0 amide bonds. The van der Waals surface area contributed by atoms with Gasteiger partial charge in [0.25, 0.3) is 0 Å². The molecule has 4 heteroatoms. The van der Waals surface area contributed by atoms with Crippen LogP contribution in [0, 0.1) is 0 Å². The molecule has 4 aromatic carbocycles. The molecule has 0 bridgehead atoms. The minimum Gasteiger partial charge on any atom is -0.456 e. The topological polar surface area (TPSA) is 31.6 Å². The van der Waals surface area contributed by atoms with Crippen LogP contribution >= 0.6 is 0 Å². The third-order valence-corrected chi connectivity index (χ3v) is 7.31. The highest BCUT2D eigenvalue weighted by atomic mass is 16.7. The van der Waals surface area contributed by atoms with Gasteiger partial charge in [0, 0.05) is 10.8 Å². The number of furan rings is 1. The van der Waals surface area contributed by atoms with E-state index in [2.05, 4.69) is 100 Å². The molecule has 1 fully saturated rings. The maximum absolute atomic E-state index is 6.34. The van der Waals surface area contributed by atoms with E-state index >= 15 is 0 Å². The molecular formula is C30H27BO3. The molecular weight excluding hydrogens is 419 g/mol. The first-order chi connectivity index (χ1) is 16.3. The highest BCUT2D eigenvalue weighted by Crippen LogP contribution is 2.40. The predicted molar refractivity (Wildman–Crippen MR) is 140 cm³/mol. The van der Waals surface area contributed by atoms with Crippen LogP contribution in [0.1, 0.15) is 27.7 Å². The van der Waals surface area contributed by atoms with Crippen molar-refractivity contribution in [1.82, 2.24) is 0 Å². The molecule has 1 aliphatic rings. The Morgan fingerprint density at radius 1 is 0.588 bits per heavy atom. The molecule has 1 aliphatic heterocycles. The lowest BCUT2D eigenvalue weighted by Crippen LogP contribution is -2.41. The van der Waals surface area contributed by atoms with Crippen LogP contribution in [-0.2, 0) is 9.31 Å². The number of fused-ring (bicyclic) bond motifs is 3. The third kappa shape index (κ3) is 3.37. The standard InChI is InChI=1S/C30H27BO3/c1-29(2)30(3,4)34-31(33-29)23-14-10-13-21(17-23)25-18-22(20-11-6-5-7-12-20)19-27-28(25)24-15-8-9-16-26(24)32-27/h5-19H,1-4H3. The first-order valence-corrected chi connectivity index (χ1v) is 11.8. The third-order valence-electron chi connectivity index (χ3n) is 7.31. The van der Waals surface area contributed by atoms with Gasteiger partial charge in [0.1, 0.15) is 11.2 Å². The summed E-state index contributed by atoms with van der Waals surface area (Å²) in [6, 6.07) is 31.6. The van der Waals surface area contributed by atoms with E-state index in [9.17, 15) is 0 Å². The maximum atomic E-state index is 6.34. The summed E-state index contributed by atoms with van der Waals surface area (Å²) in [7, 11) is -0.404. The Kier molecular flexibility index (Phi) is 4.74. The second kappa shape index (κ2) is 7.59. The molecule has 2 heterocycles. The summed E-state index contributed by atoms with van der Waals surface area (Å²) in [6.07, 6.45) is 0. The van der Waals surface area contributed by atoms with Crippen LogP contribution in [-0.4, -0.2) is 18.3 Å². The Labute approximate surface area is 200 Å². The molecule has 34 heavy (non-hydrogen) atoms. The van der Waals surface area contributed by atoms with Crippen molar-refractivity contribution < 1.29 is 13.7 Å². The van der Waals surface area contributed by atoms with Gasteiger partial charge in [-0.15, -0.1) is 0 Å². The molecule has 1 saturated heterocycles. The van der Waals surface area contributed by atoms with Gasteiger partial charge >= 0.3 is 7.12 Å². The van der Waals surface area contributed by atoms with Gasteiger partial charge in [-0.25, -0.2) is 0 Å². The lowest BCUT2D eigenvalue weighted by atomic mass is 9.77. The van der Waals surface area contributed by atoms with E-state index in [1.807, 2.05) is 18.2 Å². The van der Waals surface area contributed by atoms with Crippen LogP contribution in [0.3, 0.4) is 0 Å². The second-order valence-electron chi connectivity index (χ2n) is 10.1. The predicted octanol–water partition coefficient (Wildman–Crippen LogP) is 7.22. The normalized spacial score (nSPS) is 17.0. The zero-order valence-corrected chi connectivity index (χ0v) is 20.0. The minimum atomic E-state index is -0.404. The zero-order valence-electron chi connectivity index (χ0n) is 20.0. The number of hydrogen-bond donors (Lipinski definition) is 0. The monoisotopic (exact) mass is 446 g/mol. The van der Waals surface area contributed by atoms with E-state index in [-0.39, 0.29) is 11.2 Å². The lowest BCUT2D eigenvalue weighted by molar-refractivity contribution is 0.00578. The summed E-state index contributed by atoms with van der Waals surface area (Å²) in [4.78, 5) is 0. The van der Waals surface area contributed by atoms with Crippen molar-refractivity contribution in [3.8, 4) is 22.3 Å². The van der Waals surface area contributed by atoms with E-state index in [1.54, 1.807) is 0 Å². The van der Waals surface area contributed by atoms with E-state index < -0.39 is 7.12 Å². The average Bonchev–Trinajstić information content (AvgIpc) is 3.32. The first kappa shape index (κ1) is 21.2.